The molecule has 2 aromatic rings. The van der Waals surface area contributed by atoms with Gasteiger partial charge in [-0.3, -0.25) is 4.79 Å². The van der Waals surface area contributed by atoms with E-state index in [0.29, 0.717) is 67.3 Å². The Morgan fingerprint density at radius 1 is 1.07 bits per heavy atom. The normalized spacial score (nSPS) is 21.2. The molecule has 8 heteroatoms. The maximum atomic E-state index is 14.8. The molecule has 0 saturated carbocycles. The fourth-order valence-electron chi connectivity index (χ4n) is 4.19. The van der Waals surface area contributed by atoms with Gasteiger partial charge in [0.1, 0.15) is 11.6 Å². The number of nitrogens with zero attached hydrogens (tertiary/aromatic N) is 1. The van der Waals surface area contributed by atoms with Crippen molar-refractivity contribution < 1.29 is 23.0 Å². The first-order valence-electron chi connectivity index (χ1n) is 9.93. The Bertz CT molecular complexity index is 1020. The molecule has 6 nitrogen and oxygen atoms in total. The van der Waals surface area contributed by atoms with Gasteiger partial charge in [-0.2, -0.15) is 0 Å². The molecule has 0 bridgehead atoms. The molecule has 2 N–H and O–H groups in total. The molecule has 3 aliphatic heterocycles. The molecule has 156 valence electrons. The number of amides is 1. The van der Waals surface area contributed by atoms with Crippen molar-refractivity contribution in [3.05, 3.63) is 59.8 Å². The smallest absolute Gasteiger partial charge is 0.257 e. The Labute approximate surface area is 172 Å². The zero-order chi connectivity index (χ0) is 20.7. The monoisotopic (exact) mass is 413 g/mol. The average molecular weight is 413 g/mol. The molecule has 0 unspecified atom stereocenters. The van der Waals surface area contributed by atoms with Crippen molar-refractivity contribution in [3.8, 4) is 0 Å². The van der Waals surface area contributed by atoms with Crippen LogP contribution in [-0.2, 0) is 14.3 Å². The molecule has 1 amide bonds. The number of nitrogens with one attached hydrogen (secondary N) is 2. The van der Waals surface area contributed by atoms with Crippen LogP contribution in [0.2, 0.25) is 0 Å². The van der Waals surface area contributed by atoms with Gasteiger partial charge in [-0.25, -0.2) is 8.78 Å². The predicted molar refractivity (Wildman–Crippen MR) is 109 cm³/mol. The van der Waals surface area contributed by atoms with E-state index in [0.717, 1.165) is 0 Å². The molecular formula is C22H21F2N3O3. The molecule has 30 heavy (non-hydrogen) atoms. The van der Waals surface area contributed by atoms with E-state index >= 15 is 0 Å². The van der Waals surface area contributed by atoms with Crippen molar-refractivity contribution in [1.29, 1.82) is 0 Å². The van der Waals surface area contributed by atoms with E-state index in [1.165, 1.54) is 24.4 Å². The van der Waals surface area contributed by atoms with Gasteiger partial charge in [0, 0.05) is 43.4 Å². The van der Waals surface area contributed by atoms with Gasteiger partial charge in [0.2, 0.25) is 0 Å². The Kier molecular flexibility index (Phi) is 4.67. The quantitative estimate of drug-likeness (QED) is 0.752. The van der Waals surface area contributed by atoms with E-state index in [4.69, 9.17) is 9.47 Å². The van der Waals surface area contributed by atoms with Crippen LogP contribution in [-0.4, -0.2) is 38.0 Å². The number of anilines is 3. The summed E-state index contributed by atoms with van der Waals surface area (Å²) in [6.07, 6.45) is 2.91. The van der Waals surface area contributed by atoms with Crippen molar-refractivity contribution in [2.24, 2.45) is 0 Å². The molecule has 1 spiro atoms. The molecule has 0 aromatic heterocycles. The first kappa shape index (κ1) is 19.0. The minimum atomic E-state index is -0.498. The molecule has 0 radical (unpaired) electrons. The van der Waals surface area contributed by atoms with Crippen LogP contribution in [0.1, 0.15) is 18.4 Å². The summed E-state index contributed by atoms with van der Waals surface area (Å²) < 4.78 is 39.6. The van der Waals surface area contributed by atoms with Crippen molar-refractivity contribution in [2.45, 2.75) is 18.6 Å². The molecule has 3 heterocycles. The van der Waals surface area contributed by atoms with E-state index in [1.807, 2.05) is 4.90 Å². The molecule has 3 aliphatic rings. The minimum Gasteiger partial charge on any atom is -0.369 e. The number of hydrogen-bond acceptors (Lipinski definition) is 5. The second kappa shape index (κ2) is 7.37. The van der Waals surface area contributed by atoms with Gasteiger partial charge >= 0.3 is 0 Å². The summed E-state index contributed by atoms with van der Waals surface area (Å²) >= 11 is 0. The van der Waals surface area contributed by atoms with Crippen LogP contribution in [0.15, 0.2) is 42.6 Å². The first-order chi connectivity index (χ1) is 14.5. The third kappa shape index (κ3) is 3.42. The zero-order valence-electron chi connectivity index (χ0n) is 16.2. The highest BCUT2D eigenvalue weighted by Gasteiger charge is 2.40. The lowest BCUT2D eigenvalue weighted by molar-refractivity contribution is -0.169. The Hall–Kier alpha value is -2.97. The Morgan fingerprint density at radius 3 is 2.57 bits per heavy atom. The number of rotatable bonds is 3. The van der Waals surface area contributed by atoms with Crippen molar-refractivity contribution in [1.82, 2.24) is 0 Å². The molecule has 0 atom stereocenters. The zero-order valence-corrected chi connectivity index (χ0v) is 16.2. The average Bonchev–Trinajstić information content (AvgIpc) is 3.31. The van der Waals surface area contributed by atoms with Crippen LogP contribution in [0.3, 0.4) is 0 Å². The summed E-state index contributed by atoms with van der Waals surface area (Å²) in [6, 6.07) is 9.00. The number of carbonyl (C=O) groups is 1. The maximum Gasteiger partial charge on any atom is 0.257 e. The van der Waals surface area contributed by atoms with Crippen LogP contribution in [0, 0.1) is 11.6 Å². The van der Waals surface area contributed by atoms with Gasteiger partial charge in [-0.05, 0) is 36.4 Å². The fourth-order valence-corrected chi connectivity index (χ4v) is 4.19. The van der Waals surface area contributed by atoms with Crippen LogP contribution in [0.5, 0.6) is 0 Å². The first-order valence-corrected chi connectivity index (χ1v) is 9.93. The van der Waals surface area contributed by atoms with E-state index in [1.54, 1.807) is 18.2 Å². The molecule has 2 fully saturated rings. The lowest BCUT2D eigenvalue weighted by Gasteiger charge is -2.38. The van der Waals surface area contributed by atoms with Gasteiger partial charge < -0.3 is 25.0 Å². The summed E-state index contributed by atoms with van der Waals surface area (Å²) in [5.41, 5.74) is 2.44. The lowest BCUT2D eigenvalue weighted by Crippen LogP contribution is -2.45. The number of piperidine rings is 1. The third-order valence-electron chi connectivity index (χ3n) is 5.77. The van der Waals surface area contributed by atoms with Crippen LogP contribution in [0.25, 0.3) is 5.57 Å². The summed E-state index contributed by atoms with van der Waals surface area (Å²) in [6.45, 7) is 2.53. The highest BCUT2D eigenvalue weighted by atomic mass is 19.1. The summed E-state index contributed by atoms with van der Waals surface area (Å²) in [5.74, 6) is -1.60. The highest BCUT2D eigenvalue weighted by molar-refractivity contribution is 6.31. The summed E-state index contributed by atoms with van der Waals surface area (Å²) in [7, 11) is 0. The second-order valence-corrected chi connectivity index (χ2v) is 7.61. The number of halogens is 2. The van der Waals surface area contributed by atoms with Crippen LogP contribution < -0.4 is 15.5 Å². The SMILES string of the molecule is O=C1Nc2cc(F)ccc2/C1=C\Nc1ccc(N2CCC3(CC2)OCCO3)c(F)c1. The van der Waals surface area contributed by atoms with Gasteiger partial charge in [0.25, 0.3) is 5.91 Å². The number of hydrogen-bond donors (Lipinski definition) is 2. The van der Waals surface area contributed by atoms with Gasteiger partial charge in [0.15, 0.2) is 5.79 Å². The van der Waals surface area contributed by atoms with E-state index in [2.05, 4.69) is 10.6 Å². The molecule has 0 aliphatic carbocycles. The van der Waals surface area contributed by atoms with Gasteiger partial charge in [-0.15, -0.1) is 0 Å². The fraction of sp³-hybridized carbons (Fsp3) is 0.318. The number of benzene rings is 2. The van der Waals surface area contributed by atoms with E-state index in [9.17, 15) is 13.6 Å². The van der Waals surface area contributed by atoms with E-state index < -0.39 is 11.6 Å². The Morgan fingerprint density at radius 2 is 1.83 bits per heavy atom. The van der Waals surface area contributed by atoms with Crippen LogP contribution >= 0.6 is 0 Å². The van der Waals surface area contributed by atoms with Crippen molar-refractivity contribution in [3.63, 3.8) is 0 Å². The topological polar surface area (TPSA) is 62.8 Å². The largest absolute Gasteiger partial charge is 0.369 e. The molecule has 2 saturated heterocycles. The second-order valence-electron chi connectivity index (χ2n) is 7.61. The van der Waals surface area contributed by atoms with Gasteiger partial charge in [0.05, 0.1) is 30.2 Å². The molecular weight excluding hydrogens is 392 g/mol. The summed E-state index contributed by atoms with van der Waals surface area (Å²) in [5, 5.41) is 5.59. The third-order valence-corrected chi connectivity index (χ3v) is 5.77. The number of carbonyl (C=O) groups excluding carboxylic acids is 1. The molecule has 2 aromatic carbocycles. The van der Waals surface area contributed by atoms with Crippen molar-refractivity contribution >= 4 is 28.5 Å². The highest BCUT2D eigenvalue weighted by Crippen LogP contribution is 2.35. The maximum absolute atomic E-state index is 14.8. The Balaban J connectivity index is 1.29. The van der Waals surface area contributed by atoms with E-state index in [-0.39, 0.29) is 11.7 Å². The molecule has 5 rings (SSSR count). The minimum absolute atomic E-state index is 0.334. The van der Waals surface area contributed by atoms with Crippen molar-refractivity contribution in [2.75, 3.05) is 41.8 Å². The number of fused-ring (bicyclic) bond motifs is 1. The van der Waals surface area contributed by atoms with Gasteiger partial charge in [-0.1, -0.05) is 0 Å². The summed E-state index contributed by atoms with van der Waals surface area (Å²) in [4.78, 5) is 14.1. The van der Waals surface area contributed by atoms with Crippen LogP contribution in [0.4, 0.5) is 25.8 Å². The lowest BCUT2D eigenvalue weighted by atomic mass is 10.0. The number of ether oxygens (including phenoxy) is 2. The predicted octanol–water partition coefficient (Wildman–Crippen LogP) is 3.71. The standard InChI is InChI=1S/C22H21F2N3O3/c23-14-1-3-16-17(21(28)26-19(16)11-14)13-25-15-2-4-20(18(24)12-15)27-7-5-22(6-8-27)29-9-10-30-22/h1-4,11-13,25H,5-10H2,(H,26,28)/b17-13+.